The van der Waals surface area contributed by atoms with Gasteiger partial charge in [0.15, 0.2) is 5.16 Å². The molecule has 5 nitrogen and oxygen atoms in total. The summed E-state index contributed by atoms with van der Waals surface area (Å²) in [4.78, 5) is 20.3. The molecule has 92 valence electrons. The molecule has 0 aliphatic rings. The Balaban J connectivity index is 2.23. The van der Waals surface area contributed by atoms with E-state index in [0.29, 0.717) is 16.4 Å². The maximum Gasteiger partial charge on any atom is 0.337 e. The fraction of sp³-hybridized carbons (Fsp3) is 0.0833. The molecule has 0 atom stereocenters. The second-order valence-electron chi connectivity index (χ2n) is 3.38. The van der Waals surface area contributed by atoms with E-state index in [0.717, 1.165) is 4.90 Å². The summed E-state index contributed by atoms with van der Waals surface area (Å²) in [5.41, 5.74) is 6.80. The summed E-state index contributed by atoms with van der Waals surface area (Å²) in [5, 5.41) is 0.606. The molecule has 1 heterocycles. The highest BCUT2D eigenvalue weighted by molar-refractivity contribution is 7.99. The van der Waals surface area contributed by atoms with Crippen molar-refractivity contribution in [1.29, 1.82) is 0 Å². The molecule has 0 radical (unpaired) electrons. The van der Waals surface area contributed by atoms with Crippen LogP contribution in [-0.4, -0.2) is 23.0 Å². The molecule has 0 aliphatic heterocycles. The van der Waals surface area contributed by atoms with Crippen LogP contribution in [0.5, 0.6) is 0 Å². The average Bonchev–Trinajstić information content (AvgIpc) is 2.41. The number of carbonyl (C=O) groups is 1. The van der Waals surface area contributed by atoms with Gasteiger partial charge in [-0.05, 0) is 36.0 Å². The van der Waals surface area contributed by atoms with Gasteiger partial charge < -0.3 is 10.5 Å². The predicted octanol–water partition coefficient (Wildman–Crippen LogP) is 2.00. The number of aromatic nitrogens is 2. The highest BCUT2D eigenvalue weighted by Gasteiger charge is 2.09. The van der Waals surface area contributed by atoms with Gasteiger partial charge in [0, 0.05) is 23.0 Å². The summed E-state index contributed by atoms with van der Waals surface area (Å²) >= 11 is 1.34. The molecule has 0 fully saturated rings. The quantitative estimate of drug-likeness (QED) is 0.517. The Morgan fingerprint density at radius 3 is 2.67 bits per heavy atom. The third kappa shape index (κ3) is 2.78. The van der Waals surface area contributed by atoms with Crippen LogP contribution in [0, 0.1) is 0 Å². The van der Waals surface area contributed by atoms with Gasteiger partial charge in [0.1, 0.15) is 0 Å². The Labute approximate surface area is 108 Å². The molecule has 6 heteroatoms. The largest absolute Gasteiger partial charge is 0.465 e. The van der Waals surface area contributed by atoms with Gasteiger partial charge in [0.05, 0.1) is 12.7 Å². The van der Waals surface area contributed by atoms with Crippen LogP contribution < -0.4 is 5.73 Å². The predicted molar refractivity (Wildman–Crippen MR) is 68.3 cm³/mol. The lowest BCUT2D eigenvalue weighted by Crippen LogP contribution is -2.02. The van der Waals surface area contributed by atoms with Crippen LogP contribution in [0.15, 0.2) is 46.7 Å². The molecule has 0 aliphatic carbocycles. The first-order chi connectivity index (χ1) is 8.70. The summed E-state index contributed by atoms with van der Waals surface area (Å²) in [6.45, 7) is 0. The molecular weight excluding hydrogens is 250 g/mol. The van der Waals surface area contributed by atoms with Crippen LogP contribution in [0.3, 0.4) is 0 Å². The average molecular weight is 261 g/mol. The van der Waals surface area contributed by atoms with E-state index in [-0.39, 0.29) is 0 Å². The molecule has 0 amide bonds. The molecule has 0 spiro atoms. The Morgan fingerprint density at radius 1 is 1.33 bits per heavy atom. The molecule has 1 aromatic heterocycles. The van der Waals surface area contributed by atoms with Gasteiger partial charge in [-0.2, -0.15) is 0 Å². The van der Waals surface area contributed by atoms with Crippen LogP contribution in [0.1, 0.15) is 10.4 Å². The number of nitrogens with zero attached hydrogens (tertiary/aromatic N) is 2. The SMILES string of the molecule is COC(=O)c1ccc(Sc2ncccn2)c(N)c1. The van der Waals surface area contributed by atoms with E-state index in [1.165, 1.54) is 18.9 Å². The Kier molecular flexibility index (Phi) is 3.78. The van der Waals surface area contributed by atoms with Crippen LogP contribution in [0.25, 0.3) is 0 Å². The maximum absolute atomic E-state index is 11.3. The number of anilines is 1. The number of methoxy groups -OCH3 is 1. The molecule has 1 aromatic carbocycles. The van der Waals surface area contributed by atoms with Crippen molar-refractivity contribution in [2.75, 3.05) is 12.8 Å². The lowest BCUT2D eigenvalue weighted by Gasteiger charge is -2.06. The zero-order valence-corrected chi connectivity index (χ0v) is 10.5. The number of nitrogens with two attached hydrogens (primary N) is 1. The highest BCUT2D eigenvalue weighted by Crippen LogP contribution is 2.30. The minimum absolute atomic E-state index is 0.408. The zero-order chi connectivity index (χ0) is 13.0. The van der Waals surface area contributed by atoms with Crippen LogP contribution in [-0.2, 0) is 4.74 Å². The van der Waals surface area contributed by atoms with Crippen molar-refractivity contribution in [3.8, 4) is 0 Å². The molecule has 2 N–H and O–H groups in total. The smallest absolute Gasteiger partial charge is 0.337 e. The summed E-state index contributed by atoms with van der Waals surface area (Å²) in [6, 6.07) is 6.74. The van der Waals surface area contributed by atoms with Crippen LogP contribution >= 0.6 is 11.8 Å². The number of benzene rings is 1. The normalized spacial score (nSPS) is 10.1. The third-order valence-corrected chi connectivity index (χ3v) is 3.16. The van der Waals surface area contributed by atoms with E-state index in [1.54, 1.807) is 36.7 Å². The molecule has 2 rings (SSSR count). The van der Waals surface area contributed by atoms with Gasteiger partial charge in [-0.3, -0.25) is 0 Å². The molecule has 0 bridgehead atoms. The van der Waals surface area contributed by atoms with E-state index >= 15 is 0 Å². The lowest BCUT2D eigenvalue weighted by molar-refractivity contribution is 0.0600. The van der Waals surface area contributed by atoms with Crippen molar-refractivity contribution >= 4 is 23.4 Å². The number of hydrogen-bond acceptors (Lipinski definition) is 6. The number of hydrogen-bond donors (Lipinski definition) is 1. The third-order valence-electron chi connectivity index (χ3n) is 2.17. The van der Waals surface area contributed by atoms with Crippen molar-refractivity contribution in [1.82, 2.24) is 9.97 Å². The molecule has 0 saturated carbocycles. The van der Waals surface area contributed by atoms with Crippen molar-refractivity contribution < 1.29 is 9.53 Å². The van der Waals surface area contributed by atoms with Gasteiger partial charge in [0.25, 0.3) is 0 Å². The Bertz CT molecular complexity index is 561. The molecular formula is C12H11N3O2S. The van der Waals surface area contributed by atoms with E-state index < -0.39 is 5.97 Å². The number of ether oxygens (including phenoxy) is 1. The van der Waals surface area contributed by atoms with Crippen molar-refractivity contribution in [2.45, 2.75) is 10.1 Å². The monoisotopic (exact) mass is 261 g/mol. The summed E-state index contributed by atoms with van der Waals surface area (Å²) in [7, 11) is 1.33. The second kappa shape index (κ2) is 5.50. The van der Waals surface area contributed by atoms with Crippen LogP contribution in [0.2, 0.25) is 0 Å². The number of nitrogen functional groups attached to an aromatic ring is 1. The topological polar surface area (TPSA) is 78.1 Å². The molecule has 0 saturated heterocycles. The van der Waals surface area contributed by atoms with Crippen molar-refractivity contribution in [2.24, 2.45) is 0 Å². The number of esters is 1. The standard InChI is InChI=1S/C12H11N3O2S/c1-17-11(16)8-3-4-10(9(13)7-8)18-12-14-5-2-6-15-12/h2-7H,13H2,1H3. The number of rotatable bonds is 3. The second-order valence-corrected chi connectivity index (χ2v) is 4.39. The summed E-state index contributed by atoms with van der Waals surface area (Å²) in [6.07, 6.45) is 3.32. The van der Waals surface area contributed by atoms with Crippen molar-refractivity contribution in [3.05, 3.63) is 42.2 Å². The minimum Gasteiger partial charge on any atom is -0.465 e. The highest BCUT2D eigenvalue weighted by atomic mass is 32.2. The maximum atomic E-state index is 11.3. The van der Waals surface area contributed by atoms with Crippen LogP contribution in [0.4, 0.5) is 5.69 Å². The van der Waals surface area contributed by atoms with E-state index in [2.05, 4.69) is 14.7 Å². The molecule has 18 heavy (non-hydrogen) atoms. The summed E-state index contributed by atoms with van der Waals surface area (Å²) < 4.78 is 4.62. The first-order valence-corrected chi connectivity index (χ1v) is 5.95. The van der Waals surface area contributed by atoms with E-state index in [1.807, 2.05) is 0 Å². The van der Waals surface area contributed by atoms with Gasteiger partial charge >= 0.3 is 5.97 Å². The molecule has 0 unspecified atom stereocenters. The minimum atomic E-state index is -0.408. The van der Waals surface area contributed by atoms with E-state index in [9.17, 15) is 4.79 Å². The van der Waals surface area contributed by atoms with Crippen molar-refractivity contribution in [3.63, 3.8) is 0 Å². The Hall–Kier alpha value is -2.08. The fourth-order valence-electron chi connectivity index (χ4n) is 1.32. The molecule has 2 aromatic rings. The summed E-state index contributed by atoms with van der Waals surface area (Å²) in [5.74, 6) is -0.408. The lowest BCUT2D eigenvalue weighted by atomic mass is 10.2. The zero-order valence-electron chi connectivity index (χ0n) is 9.66. The fourth-order valence-corrected chi connectivity index (χ4v) is 2.06. The first-order valence-electron chi connectivity index (χ1n) is 5.13. The van der Waals surface area contributed by atoms with Gasteiger partial charge in [-0.1, -0.05) is 0 Å². The first kappa shape index (κ1) is 12.4. The van der Waals surface area contributed by atoms with Gasteiger partial charge in [-0.15, -0.1) is 0 Å². The Morgan fingerprint density at radius 2 is 2.06 bits per heavy atom. The number of carbonyl (C=O) groups excluding carboxylic acids is 1. The van der Waals surface area contributed by atoms with Gasteiger partial charge in [0.2, 0.25) is 0 Å². The van der Waals surface area contributed by atoms with E-state index in [4.69, 9.17) is 5.73 Å². The van der Waals surface area contributed by atoms with Gasteiger partial charge in [-0.25, -0.2) is 14.8 Å².